The second-order valence-corrected chi connectivity index (χ2v) is 8.44. The molecule has 0 fully saturated rings. The Balaban J connectivity index is 1.54. The molecule has 0 atom stereocenters. The number of carbonyl (C=O) groups is 2. The summed E-state index contributed by atoms with van der Waals surface area (Å²) in [6.07, 6.45) is 0. The zero-order chi connectivity index (χ0) is 22.1. The highest BCUT2D eigenvalue weighted by atomic mass is 32.2. The number of nitrogens with one attached hydrogen (secondary N) is 2. The van der Waals surface area contributed by atoms with Gasteiger partial charge in [-0.05, 0) is 29.3 Å². The van der Waals surface area contributed by atoms with Gasteiger partial charge in [0.25, 0.3) is 5.91 Å². The fourth-order valence-corrected chi connectivity index (χ4v) is 3.77. The first-order chi connectivity index (χ1) is 14.9. The Labute approximate surface area is 181 Å². The van der Waals surface area contributed by atoms with Crippen molar-refractivity contribution < 1.29 is 22.7 Å². The molecule has 7 nitrogen and oxygen atoms in total. The van der Waals surface area contributed by atoms with Crippen LogP contribution >= 0.6 is 0 Å². The summed E-state index contributed by atoms with van der Waals surface area (Å²) in [6.45, 7) is -0.0215. The van der Waals surface area contributed by atoms with E-state index in [4.69, 9.17) is 4.74 Å². The fraction of sp³-hybridized carbons (Fsp3) is 0.130. The third-order valence-corrected chi connectivity index (χ3v) is 5.75. The lowest BCUT2D eigenvalue weighted by atomic mass is 10.2. The van der Waals surface area contributed by atoms with E-state index in [1.807, 2.05) is 48.5 Å². The van der Waals surface area contributed by atoms with Crippen LogP contribution in [-0.4, -0.2) is 26.9 Å². The molecule has 3 aromatic rings. The molecule has 0 radical (unpaired) electrons. The first kappa shape index (κ1) is 22.2. The van der Waals surface area contributed by atoms with E-state index in [0.29, 0.717) is 6.54 Å². The zero-order valence-corrected chi connectivity index (χ0v) is 17.5. The first-order valence-electron chi connectivity index (χ1n) is 9.55. The normalized spacial score (nSPS) is 11.0. The van der Waals surface area contributed by atoms with Crippen molar-refractivity contribution in [3.63, 3.8) is 0 Å². The molecule has 160 valence electrons. The van der Waals surface area contributed by atoms with Crippen molar-refractivity contribution in [3.8, 4) is 0 Å². The summed E-state index contributed by atoms with van der Waals surface area (Å²) in [5.41, 5.74) is 1.77. The van der Waals surface area contributed by atoms with E-state index in [1.54, 1.807) is 12.1 Å². The summed E-state index contributed by atoms with van der Waals surface area (Å²) in [4.78, 5) is 24.1. The molecule has 3 aromatic carbocycles. The van der Waals surface area contributed by atoms with Crippen molar-refractivity contribution in [1.29, 1.82) is 0 Å². The van der Waals surface area contributed by atoms with Gasteiger partial charge in [-0.2, -0.15) is 0 Å². The standard InChI is InChI=1S/C23H22N2O5S/c26-22(24-15-18-8-3-1-4-9-18)17-30-23(27)20-12-7-13-21(14-20)31(28,29)25-16-19-10-5-2-6-11-19/h1-14,25H,15-17H2,(H,24,26). The van der Waals surface area contributed by atoms with Gasteiger partial charge in [-0.1, -0.05) is 66.7 Å². The minimum atomic E-state index is -3.82. The van der Waals surface area contributed by atoms with E-state index in [1.165, 1.54) is 24.3 Å². The molecule has 0 heterocycles. The van der Waals surface area contributed by atoms with E-state index >= 15 is 0 Å². The maximum atomic E-state index is 12.5. The zero-order valence-electron chi connectivity index (χ0n) is 16.7. The summed E-state index contributed by atoms with van der Waals surface area (Å²) >= 11 is 0. The highest BCUT2D eigenvalue weighted by molar-refractivity contribution is 7.89. The van der Waals surface area contributed by atoms with E-state index < -0.39 is 28.5 Å². The maximum absolute atomic E-state index is 12.5. The molecule has 0 aliphatic rings. The van der Waals surface area contributed by atoms with Gasteiger partial charge in [0.2, 0.25) is 10.0 Å². The number of ether oxygens (including phenoxy) is 1. The fourth-order valence-electron chi connectivity index (χ4n) is 2.71. The van der Waals surface area contributed by atoms with Crippen LogP contribution in [0.15, 0.2) is 89.8 Å². The number of amides is 1. The number of benzene rings is 3. The van der Waals surface area contributed by atoms with Crippen LogP contribution in [0.4, 0.5) is 0 Å². The van der Waals surface area contributed by atoms with Crippen LogP contribution in [0.1, 0.15) is 21.5 Å². The van der Waals surface area contributed by atoms with Gasteiger partial charge >= 0.3 is 5.97 Å². The van der Waals surface area contributed by atoms with Crippen molar-refractivity contribution in [2.45, 2.75) is 18.0 Å². The maximum Gasteiger partial charge on any atom is 0.338 e. The number of sulfonamides is 1. The lowest BCUT2D eigenvalue weighted by Gasteiger charge is -2.09. The Bertz CT molecular complexity index is 1130. The second kappa shape index (κ2) is 10.5. The SMILES string of the molecule is O=C(COC(=O)c1cccc(S(=O)(=O)NCc2ccccc2)c1)NCc1ccccc1. The Kier molecular flexibility index (Phi) is 7.53. The Morgan fingerprint density at radius 3 is 2.03 bits per heavy atom. The minimum Gasteiger partial charge on any atom is -0.452 e. The molecular formula is C23H22N2O5S. The van der Waals surface area contributed by atoms with E-state index in [2.05, 4.69) is 10.0 Å². The van der Waals surface area contributed by atoms with Gasteiger partial charge in [-0.25, -0.2) is 17.9 Å². The summed E-state index contributed by atoms with van der Waals surface area (Å²) < 4.78 is 32.6. The topological polar surface area (TPSA) is 102 Å². The second-order valence-electron chi connectivity index (χ2n) is 6.68. The van der Waals surface area contributed by atoms with Crippen LogP contribution in [0.2, 0.25) is 0 Å². The lowest BCUT2D eigenvalue weighted by molar-refractivity contribution is -0.124. The quantitative estimate of drug-likeness (QED) is 0.500. The number of rotatable bonds is 9. The van der Waals surface area contributed by atoms with Crippen molar-refractivity contribution in [3.05, 3.63) is 102 Å². The smallest absolute Gasteiger partial charge is 0.338 e. The first-order valence-corrected chi connectivity index (χ1v) is 11.0. The van der Waals surface area contributed by atoms with Gasteiger partial charge in [0.15, 0.2) is 6.61 Å². The van der Waals surface area contributed by atoms with Gasteiger partial charge in [-0.3, -0.25) is 4.79 Å². The predicted molar refractivity (Wildman–Crippen MR) is 115 cm³/mol. The monoisotopic (exact) mass is 438 g/mol. The molecule has 2 N–H and O–H groups in total. The number of hydrogen-bond donors (Lipinski definition) is 2. The van der Waals surface area contributed by atoms with Gasteiger partial charge < -0.3 is 10.1 Å². The molecule has 31 heavy (non-hydrogen) atoms. The summed E-state index contributed by atoms with van der Waals surface area (Å²) in [5.74, 6) is -1.24. The Morgan fingerprint density at radius 1 is 0.774 bits per heavy atom. The number of carbonyl (C=O) groups excluding carboxylic acids is 2. The molecule has 1 amide bonds. The molecule has 0 aliphatic heterocycles. The van der Waals surface area contributed by atoms with Crippen molar-refractivity contribution in [2.75, 3.05) is 6.61 Å². The van der Waals surface area contributed by atoms with Crippen LogP contribution in [0.5, 0.6) is 0 Å². The molecule has 0 aromatic heterocycles. The summed E-state index contributed by atoms with van der Waals surface area (Å²) in [7, 11) is -3.82. The van der Waals surface area contributed by atoms with Crippen molar-refractivity contribution in [1.82, 2.24) is 10.0 Å². The van der Waals surface area contributed by atoms with Crippen molar-refractivity contribution in [2.24, 2.45) is 0 Å². The molecule has 0 saturated heterocycles. The van der Waals surface area contributed by atoms with Crippen LogP contribution in [0.3, 0.4) is 0 Å². The Hall–Kier alpha value is -3.49. The number of hydrogen-bond acceptors (Lipinski definition) is 5. The third-order valence-electron chi connectivity index (χ3n) is 4.36. The Morgan fingerprint density at radius 2 is 1.39 bits per heavy atom. The highest BCUT2D eigenvalue weighted by Crippen LogP contribution is 2.13. The molecule has 0 bridgehead atoms. The molecule has 0 aliphatic carbocycles. The van der Waals surface area contributed by atoms with Gasteiger partial charge in [0, 0.05) is 13.1 Å². The molecule has 0 unspecified atom stereocenters. The molecule has 0 spiro atoms. The minimum absolute atomic E-state index is 0.0402. The van der Waals surface area contributed by atoms with Crippen LogP contribution in [0.25, 0.3) is 0 Å². The summed E-state index contributed by atoms with van der Waals surface area (Å²) in [6, 6.07) is 23.9. The highest BCUT2D eigenvalue weighted by Gasteiger charge is 2.17. The van der Waals surface area contributed by atoms with E-state index in [0.717, 1.165) is 11.1 Å². The largest absolute Gasteiger partial charge is 0.452 e. The third kappa shape index (κ3) is 6.77. The van der Waals surface area contributed by atoms with Crippen LogP contribution < -0.4 is 10.0 Å². The van der Waals surface area contributed by atoms with Crippen molar-refractivity contribution >= 4 is 21.9 Å². The average Bonchev–Trinajstić information content (AvgIpc) is 2.81. The predicted octanol–water partition coefficient (Wildman–Crippen LogP) is 2.64. The van der Waals surface area contributed by atoms with E-state index in [9.17, 15) is 18.0 Å². The molecule has 8 heteroatoms. The van der Waals surface area contributed by atoms with Gasteiger partial charge in [0.1, 0.15) is 0 Å². The van der Waals surface area contributed by atoms with Gasteiger partial charge in [0.05, 0.1) is 10.5 Å². The van der Waals surface area contributed by atoms with Gasteiger partial charge in [-0.15, -0.1) is 0 Å². The van der Waals surface area contributed by atoms with Crippen LogP contribution in [0, 0.1) is 0 Å². The molecule has 3 rings (SSSR count). The average molecular weight is 439 g/mol. The molecular weight excluding hydrogens is 416 g/mol. The molecule has 0 saturated carbocycles. The van der Waals surface area contributed by atoms with Crippen LogP contribution in [-0.2, 0) is 32.6 Å². The summed E-state index contributed by atoms with van der Waals surface area (Å²) in [5, 5.41) is 2.65. The number of esters is 1. The lowest BCUT2D eigenvalue weighted by Crippen LogP contribution is -2.28. The van der Waals surface area contributed by atoms with E-state index in [-0.39, 0.29) is 17.0 Å².